The van der Waals surface area contributed by atoms with Crippen LogP contribution < -0.4 is 0 Å². The van der Waals surface area contributed by atoms with Gasteiger partial charge < -0.3 is 9.64 Å². The summed E-state index contributed by atoms with van der Waals surface area (Å²) in [6.07, 6.45) is 7.51. The number of nitrogens with zero attached hydrogens (tertiary/aromatic N) is 5. The van der Waals surface area contributed by atoms with E-state index in [2.05, 4.69) is 15.3 Å². The number of rotatable bonds is 3. The van der Waals surface area contributed by atoms with Gasteiger partial charge in [0, 0.05) is 31.9 Å². The first kappa shape index (κ1) is 14.3. The van der Waals surface area contributed by atoms with Crippen LogP contribution in [0.15, 0.2) is 30.7 Å². The van der Waals surface area contributed by atoms with E-state index in [1.807, 2.05) is 21.7 Å². The molecule has 4 rings (SSSR count). The van der Waals surface area contributed by atoms with E-state index >= 15 is 0 Å². The number of carbonyl (C=O) groups is 1. The van der Waals surface area contributed by atoms with Gasteiger partial charge in [0.1, 0.15) is 0 Å². The third-order valence-electron chi connectivity index (χ3n) is 4.66. The van der Waals surface area contributed by atoms with Gasteiger partial charge in [-0.1, -0.05) is 5.21 Å². The highest BCUT2D eigenvalue weighted by atomic mass is 16.5. The first-order chi connectivity index (χ1) is 11.3. The lowest BCUT2D eigenvalue weighted by atomic mass is 9.99. The Kier molecular flexibility index (Phi) is 3.78. The molecule has 2 aliphatic heterocycles. The number of amides is 1. The Morgan fingerprint density at radius 1 is 1.35 bits per heavy atom. The Morgan fingerprint density at radius 2 is 2.22 bits per heavy atom. The van der Waals surface area contributed by atoms with Crippen molar-refractivity contribution in [3.63, 3.8) is 0 Å². The number of ether oxygens (including phenoxy) is 1. The van der Waals surface area contributed by atoms with Crippen LogP contribution in [0.2, 0.25) is 0 Å². The van der Waals surface area contributed by atoms with Crippen LogP contribution in [-0.4, -0.2) is 50.0 Å². The van der Waals surface area contributed by atoms with Gasteiger partial charge in [-0.15, -0.1) is 5.10 Å². The minimum absolute atomic E-state index is 0.0832. The van der Waals surface area contributed by atoms with Crippen molar-refractivity contribution in [2.45, 2.75) is 38.0 Å². The molecule has 0 aliphatic carbocycles. The third-order valence-corrected chi connectivity index (χ3v) is 4.66. The normalized spacial score (nSPS) is 23.2. The van der Waals surface area contributed by atoms with Crippen molar-refractivity contribution < 1.29 is 9.53 Å². The predicted molar refractivity (Wildman–Crippen MR) is 81.4 cm³/mol. The summed E-state index contributed by atoms with van der Waals surface area (Å²) in [5.74, 6) is 0.188. The topological polar surface area (TPSA) is 73.1 Å². The highest BCUT2D eigenvalue weighted by Gasteiger charge is 2.37. The summed E-state index contributed by atoms with van der Waals surface area (Å²) < 4.78 is 7.81. The Balaban J connectivity index is 1.40. The predicted octanol–water partition coefficient (Wildman–Crippen LogP) is 0.978. The Bertz CT molecular complexity index is 687. The molecule has 0 aromatic carbocycles. The fourth-order valence-corrected chi connectivity index (χ4v) is 3.36. The van der Waals surface area contributed by atoms with E-state index in [4.69, 9.17) is 4.74 Å². The number of aromatic nitrogens is 4. The van der Waals surface area contributed by atoms with Crippen molar-refractivity contribution in [3.05, 3.63) is 42.0 Å². The SMILES string of the molecule is O=C(CCc1ccncc1)N1CC[C@@H]2OCc3cnnn3[C@@H]2C1. The molecule has 0 radical (unpaired) electrons. The third kappa shape index (κ3) is 2.84. The van der Waals surface area contributed by atoms with E-state index in [0.717, 1.165) is 30.6 Å². The smallest absolute Gasteiger partial charge is 0.222 e. The quantitative estimate of drug-likeness (QED) is 0.844. The minimum Gasteiger partial charge on any atom is -0.370 e. The molecule has 1 fully saturated rings. The van der Waals surface area contributed by atoms with Gasteiger partial charge >= 0.3 is 0 Å². The second-order valence-electron chi connectivity index (χ2n) is 6.07. The molecule has 120 valence electrons. The number of carbonyl (C=O) groups excluding carboxylic acids is 1. The van der Waals surface area contributed by atoms with Gasteiger partial charge in [0.25, 0.3) is 0 Å². The maximum Gasteiger partial charge on any atom is 0.222 e. The number of piperidine rings is 1. The molecule has 1 saturated heterocycles. The standard InChI is InChI=1S/C16H19N5O2/c22-16(2-1-12-3-6-17-7-4-12)20-8-5-15-14(10-20)21-13(11-23-15)9-18-19-21/h3-4,6-7,9,14-15H,1-2,5,8,10-11H2/t14-,15+/m1/s1. The molecular formula is C16H19N5O2. The number of aryl methyl sites for hydroxylation is 1. The summed E-state index contributed by atoms with van der Waals surface area (Å²) in [5.41, 5.74) is 2.13. The molecule has 2 atom stereocenters. The van der Waals surface area contributed by atoms with Gasteiger partial charge in [-0.2, -0.15) is 0 Å². The molecule has 7 nitrogen and oxygen atoms in total. The molecule has 0 saturated carbocycles. The first-order valence-corrected chi connectivity index (χ1v) is 7.98. The summed E-state index contributed by atoms with van der Waals surface area (Å²) in [6, 6.07) is 3.99. The molecule has 2 aliphatic rings. The molecule has 0 spiro atoms. The average Bonchev–Trinajstić information content (AvgIpc) is 3.09. The lowest BCUT2D eigenvalue weighted by Crippen LogP contribution is -2.49. The van der Waals surface area contributed by atoms with Gasteiger partial charge in [-0.05, 0) is 30.5 Å². The van der Waals surface area contributed by atoms with Gasteiger partial charge in [-0.3, -0.25) is 9.78 Å². The fourth-order valence-electron chi connectivity index (χ4n) is 3.36. The second kappa shape index (κ2) is 6.08. The largest absolute Gasteiger partial charge is 0.370 e. The van der Waals surface area contributed by atoms with Gasteiger partial charge in [0.05, 0.1) is 30.6 Å². The zero-order valence-electron chi connectivity index (χ0n) is 12.8. The molecule has 0 unspecified atom stereocenters. The molecule has 4 heterocycles. The summed E-state index contributed by atoms with van der Waals surface area (Å²) in [7, 11) is 0. The highest BCUT2D eigenvalue weighted by Crippen LogP contribution is 2.30. The first-order valence-electron chi connectivity index (χ1n) is 7.98. The lowest BCUT2D eigenvalue weighted by Gasteiger charge is -2.41. The maximum atomic E-state index is 12.5. The van der Waals surface area contributed by atoms with Crippen LogP contribution in [0.3, 0.4) is 0 Å². The van der Waals surface area contributed by atoms with Crippen LogP contribution in [0.25, 0.3) is 0 Å². The summed E-state index contributed by atoms with van der Waals surface area (Å²) in [4.78, 5) is 18.5. The highest BCUT2D eigenvalue weighted by molar-refractivity contribution is 5.76. The number of pyridine rings is 1. The molecule has 1 amide bonds. The molecule has 2 aromatic heterocycles. The fraction of sp³-hybridized carbons (Fsp3) is 0.500. The van der Waals surface area contributed by atoms with Crippen LogP contribution in [-0.2, 0) is 22.6 Å². The molecule has 2 aromatic rings. The van der Waals surface area contributed by atoms with Crippen LogP contribution in [0, 0.1) is 0 Å². The van der Waals surface area contributed by atoms with E-state index in [9.17, 15) is 4.79 Å². The van der Waals surface area contributed by atoms with Crippen LogP contribution in [0.5, 0.6) is 0 Å². The number of fused-ring (bicyclic) bond motifs is 3. The van der Waals surface area contributed by atoms with Crippen LogP contribution in [0.1, 0.15) is 30.1 Å². The van der Waals surface area contributed by atoms with E-state index < -0.39 is 0 Å². The van der Waals surface area contributed by atoms with Crippen molar-refractivity contribution in [2.24, 2.45) is 0 Å². The maximum absolute atomic E-state index is 12.5. The van der Waals surface area contributed by atoms with E-state index in [1.54, 1.807) is 18.6 Å². The number of likely N-dealkylation sites (tertiary alicyclic amines) is 1. The molecule has 7 heteroatoms. The molecule has 0 N–H and O–H groups in total. The molecule has 0 bridgehead atoms. The van der Waals surface area contributed by atoms with Crippen molar-refractivity contribution >= 4 is 5.91 Å². The van der Waals surface area contributed by atoms with Crippen molar-refractivity contribution in [1.82, 2.24) is 24.9 Å². The molecular weight excluding hydrogens is 294 g/mol. The zero-order valence-corrected chi connectivity index (χ0v) is 12.8. The lowest BCUT2D eigenvalue weighted by molar-refractivity contribution is -0.138. The monoisotopic (exact) mass is 313 g/mol. The number of hydrogen-bond acceptors (Lipinski definition) is 5. The van der Waals surface area contributed by atoms with Gasteiger partial charge in [0.2, 0.25) is 5.91 Å². The second-order valence-corrected chi connectivity index (χ2v) is 6.07. The zero-order chi connectivity index (χ0) is 15.6. The van der Waals surface area contributed by atoms with Gasteiger partial charge in [0.15, 0.2) is 0 Å². The average molecular weight is 313 g/mol. The van der Waals surface area contributed by atoms with E-state index in [0.29, 0.717) is 19.6 Å². The van der Waals surface area contributed by atoms with E-state index in [1.165, 1.54) is 0 Å². The minimum atomic E-state index is 0.0832. The van der Waals surface area contributed by atoms with Crippen molar-refractivity contribution in [2.75, 3.05) is 13.1 Å². The van der Waals surface area contributed by atoms with Crippen molar-refractivity contribution in [1.29, 1.82) is 0 Å². The van der Waals surface area contributed by atoms with E-state index in [-0.39, 0.29) is 18.1 Å². The Labute approximate surface area is 134 Å². The van der Waals surface area contributed by atoms with Crippen LogP contribution >= 0.6 is 0 Å². The Morgan fingerprint density at radius 3 is 3.09 bits per heavy atom. The Hall–Kier alpha value is -2.28. The molecule has 23 heavy (non-hydrogen) atoms. The summed E-state index contributed by atoms with van der Waals surface area (Å²) >= 11 is 0. The van der Waals surface area contributed by atoms with Crippen molar-refractivity contribution in [3.8, 4) is 0 Å². The van der Waals surface area contributed by atoms with Crippen LogP contribution in [0.4, 0.5) is 0 Å². The summed E-state index contributed by atoms with van der Waals surface area (Å²) in [6.45, 7) is 1.96. The summed E-state index contributed by atoms with van der Waals surface area (Å²) in [5, 5.41) is 8.13. The number of hydrogen-bond donors (Lipinski definition) is 0. The van der Waals surface area contributed by atoms with Gasteiger partial charge in [-0.25, -0.2) is 4.68 Å².